The first-order chi connectivity index (χ1) is 9.63. The van der Waals surface area contributed by atoms with Crippen LogP contribution in [0.3, 0.4) is 0 Å². The number of rotatable bonds is 2. The highest BCUT2D eigenvalue weighted by Crippen LogP contribution is 2.21. The van der Waals surface area contributed by atoms with Gasteiger partial charge in [0.1, 0.15) is 5.82 Å². The van der Waals surface area contributed by atoms with E-state index in [4.69, 9.17) is 0 Å². The maximum Gasteiger partial charge on any atom is 0.255 e. The number of nitrogens with one attached hydrogen (secondary N) is 2. The lowest BCUT2D eigenvalue weighted by atomic mass is 10.2. The van der Waals surface area contributed by atoms with Gasteiger partial charge in [0.2, 0.25) is 0 Å². The summed E-state index contributed by atoms with van der Waals surface area (Å²) in [5, 5.41) is 2.71. The van der Waals surface area contributed by atoms with Gasteiger partial charge in [-0.05, 0) is 52.3 Å². The summed E-state index contributed by atoms with van der Waals surface area (Å²) in [6, 6.07) is 9.49. The van der Waals surface area contributed by atoms with Gasteiger partial charge in [0.25, 0.3) is 5.91 Å². The molecule has 0 radical (unpaired) electrons. The predicted molar refractivity (Wildman–Crippen MR) is 78.1 cm³/mol. The Morgan fingerprint density at radius 2 is 2.10 bits per heavy atom. The normalized spacial score (nSPS) is 10.7. The van der Waals surface area contributed by atoms with Crippen molar-refractivity contribution in [3.05, 3.63) is 58.6 Å². The number of amides is 1. The van der Waals surface area contributed by atoms with Crippen molar-refractivity contribution in [2.75, 3.05) is 5.32 Å². The molecule has 20 heavy (non-hydrogen) atoms. The Hall–Kier alpha value is -2.21. The molecule has 0 aliphatic carbocycles. The molecule has 2 N–H and O–H groups in total. The van der Waals surface area contributed by atoms with Gasteiger partial charge in [-0.1, -0.05) is 0 Å². The third kappa shape index (κ3) is 2.42. The van der Waals surface area contributed by atoms with Gasteiger partial charge in [-0.25, -0.2) is 9.37 Å². The zero-order valence-electron chi connectivity index (χ0n) is 10.2. The summed E-state index contributed by atoms with van der Waals surface area (Å²) in [4.78, 5) is 19.2. The van der Waals surface area contributed by atoms with Crippen molar-refractivity contribution < 1.29 is 9.18 Å². The quantitative estimate of drug-likeness (QED) is 0.750. The number of imidazole rings is 1. The smallest absolute Gasteiger partial charge is 0.255 e. The van der Waals surface area contributed by atoms with Crippen molar-refractivity contribution in [2.45, 2.75) is 0 Å². The molecule has 1 amide bonds. The number of carbonyl (C=O) groups is 1. The van der Waals surface area contributed by atoms with Gasteiger partial charge in [-0.3, -0.25) is 4.79 Å². The molecule has 0 saturated heterocycles. The number of H-pyrrole nitrogens is 1. The molecule has 4 nitrogen and oxygen atoms in total. The van der Waals surface area contributed by atoms with Gasteiger partial charge in [0, 0.05) is 11.3 Å². The largest absolute Gasteiger partial charge is 0.345 e. The van der Waals surface area contributed by atoms with E-state index >= 15 is 0 Å². The van der Waals surface area contributed by atoms with Crippen LogP contribution >= 0.6 is 15.9 Å². The monoisotopic (exact) mass is 333 g/mol. The lowest BCUT2D eigenvalue weighted by Crippen LogP contribution is -2.11. The van der Waals surface area contributed by atoms with Crippen molar-refractivity contribution in [1.82, 2.24) is 9.97 Å². The highest BCUT2D eigenvalue weighted by Gasteiger charge is 2.09. The van der Waals surface area contributed by atoms with E-state index in [0.717, 1.165) is 11.0 Å². The SMILES string of the molecule is O=C(Nc1ccc(F)c(Br)c1)c1ccc2nc[nH]c2c1. The Balaban J connectivity index is 1.86. The van der Waals surface area contributed by atoms with Crippen LogP contribution < -0.4 is 5.32 Å². The molecule has 0 fully saturated rings. The Labute approximate surface area is 122 Å². The number of carbonyl (C=O) groups excluding carboxylic acids is 1. The van der Waals surface area contributed by atoms with E-state index < -0.39 is 0 Å². The topological polar surface area (TPSA) is 57.8 Å². The molecule has 2 aromatic carbocycles. The molecule has 100 valence electrons. The second kappa shape index (κ2) is 5.05. The van der Waals surface area contributed by atoms with E-state index in [1.807, 2.05) is 0 Å². The number of anilines is 1. The number of hydrogen-bond acceptors (Lipinski definition) is 2. The van der Waals surface area contributed by atoms with Crippen LogP contribution in [-0.2, 0) is 0 Å². The van der Waals surface area contributed by atoms with Gasteiger partial charge in [0.15, 0.2) is 0 Å². The van der Waals surface area contributed by atoms with E-state index in [-0.39, 0.29) is 11.7 Å². The minimum atomic E-state index is -0.373. The Bertz CT molecular complexity index is 800. The average Bonchev–Trinajstić information content (AvgIpc) is 2.90. The summed E-state index contributed by atoms with van der Waals surface area (Å²) in [5.74, 6) is -0.637. The standard InChI is InChI=1S/C14H9BrFN3O/c15-10-6-9(2-3-11(10)16)19-14(20)8-1-4-12-13(5-8)18-7-17-12/h1-7H,(H,17,18)(H,19,20). The van der Waals surface area contributed by atoms with Gasteiger partial charge < -0.3 is 10.3 Å². The molecule has 0 saturated carbocycles. The molecule has 0 unspecified atom stereocenters. The van der Waals surface area contributed by atoms with Crippen LogP contribution in [0.4, 0.5) is 10.1 Å². The summed E-state index contributed by atoms with van der Waals surface area (Å²) < 4.78 is 13.4. The third-order valence-electron chi connectivity index (χ3n) is 2.86. The van der Waals surface area contributed by atoms with Crippen molar-refractivity contribution in [1.29, 1.82) is 0 Å². The molecular formula is C14H9BrFN3O. The molecule has 3 aromatic rings. The number of halogens is 2. The van der Waals surface area contributed by atoms with E-state index in [1.165, 1.54) is 18.2 Å². The molecule has 1 aromatic heterocycles. The van der Waals surface area contributed by atoms with Crippen molar-refractivity contribution >= 4 is 38.6 Å². The van der Waals surface area contributed by atoms with Gasteiger partial charge in [-0.15, -0.1) is 0 Å². The highest BCUT2D eigenvalue weighted by atomic mass is 79.9. The summed E-state index contributed by atoms with van der Waals surface area (Å²) in [7, 11) is 0. The second-order valence-electron chi connectivity index (χ2n) is 4.22. The number of nitrogens with zero attached hydrogens (tertiary/aromatic N) is 1. The maximum atomic E-state index is 13.1. The van der Waals surface area contributed by atoms with Gasteiger partial charge in [0.05, 0.1) is 21.8 Å². The van der Waals surface area contributed by atoms with Crippen molar-refractivity contribution in [3.8, 4) is 0 Å². The zero-order chi connectivity index (χ0) is 14.1. The molecule has 1 heterocycles. The van der Waals surface area contributed by atoms with E-state index in [2.05, 4.69) is 31.2 Å². The number of aromatic nitrogens is 2. The fourth-order valence-corrected chi connectivity index (χ4v) is 2.23. The molecular weight excluding hydrogens is 325 g/mol. The first kappa shape index (κ1) is 12.8. The first-order valence-corrected chi connectivity index (χ1v) is 6.62. The molecule has 3 rings (SSSR count). The summed E-state index contributed by atoms with van der Waals surface area (Å²) in [5.41, 5.74) is 2.61. The Morgan fingerprint density at radius 3 is 2.90 bits per heavy atom. The predicted octanol–water partition coefficient (Wildman–Crippen LogP) is 3.72. The molecule has 0 aliphatic heterocycles. The minimum Gasteiger partial charge on any atom is -0.345 e. The third-order valence-corrected chi connectivity index (χ3v) is 3.47. The first-order valence-electron chi connectivity index (χ1n) is 5.83. The Morgan fingerprint density at radius 1 is 1.25 bits per heavy atom. The molecule has 6 heteroatoms. The van der Waals surface area contributed by atoms with Crippen LogP contribution in [0, 0.1) is 5.82 Å². The second-order valence-corrected chi connectivity index (χ2v) is 5.07. The lowest BCUT2D eigenvalue weighted by molar-refractivity contribution is 0.102. The summed E-state index contributed by atoms with van der Waals surface area (Å²) in [6.45, 7) is 0. The number of hydrogen-bond donors (Lipinski definition) is 2. The van der Waals surface area contributed by atoms with Crippen molar-refractivity contribution in [3.63, 3.8) is 0 Å². The summed E-state index contributed by atoms with van der Waals surface area (Å²) in [6.07, 6.45) is 1.57. The van der Waals surface area contributed by atoms with Crippen LogP contribution in [-0.4, -0.2) is 15.9 Å². The van der Waals surface area contributed by atoms with Crippen LogP contribution in [0.1, 0.15) is 10.4 Å². The van der Waals surface area contributed by atoms with E-state index in [9.17, 15) is 9.18 Å². The maximum absolute atomic E-state index is 13.1. The number of benzene rings is 2. The van der Waals surface area contributed by atoms with Gasteiger partial charge >= 0.3 is 0 Å². The van der Waals surface area contributed by atoms with Gasteiger partial charge in [-0.2, -0.15) is 0 Å². The van der Waals surface area contributed by atoms with E-state index in [1.54, 1.807) is 24.5 Å². The average molecular weight is 334 g/mol. The van der Waals surface area contributed by atoms with Crippen LogP contribution in [0.25, 0.3) is 11.0 Å². The Kier molecular flexibility index (Phi) is 3.23. The molecule has 0 aliphatic rings. The van der Waals surface area contributed by atoms with Crippen molar-refractivity contribution in [2.24, 2.45) is 0 Å². The lowest BCUT2D eigenvalue weighted by Gasteiger charge is -2.06. The molecule has 0 bridgehead atoms. The number of fused-ring (bicyclic) bond motifs is 1. The fourth-order valence-electron chi connectivity index (χ4n) is 1.85. The highest BCUT2D eigenvalue weighted by molar-refractivity contribution is 9.10. The minimum absolute atomic E-state index is 0.264. The number of aromatic amines is 1. The van der Waals surface area contributed by atoms with Crippen LogP contribution in [0.2, 0.25) is 0 Å². The zero-order valence-corrected chi connectivity index (χ0v) is 11.7. The van der Waals surface area contributed by atoms with Crippen LogP contribution in [0.5, 0.6) is 0 Å². The van der Waals surface area contributed by atoms with Crippen LogP contribution in [0.15, 0.2) is 47.2 Å². The molecule has 0 atom stereocenters. The van der Waals surface area contributed by atoms with E-state index in [0.29, 0.717) is 15.7 Å². The molecule has 0 spiro atoms. The fraction of sp³-hybridized carbons (Fsp3) is 0. The summed E-state index contributed by atoms with van der Waals surface area (Å²) >= 11 is 3.08.